The van der Waals surface area contributed by atoms with Crippen molar-refractivity contribution >= 4 is 5.97 Å². The monoisotopic (exact) mass is 448 g/mol. The van der Waals surface area contributed by atoms with Gasteiger partial charge in [-0.1, -0.05) is 34.6 Å². The predicted molar refractivity (Wildman–Crippen MR) is 133 cm³/mol. The van der Waals surface area contributed by atoms with Gasteiger partial charge in [0.15, 0.2) is 0 Å². The summed E-state index contributed by atoms with van der Waals surface area (Å²) < 4.78 is 0. The Morgan fingerprint density at radius 1 is 1.03 bits per heavy atom. The smallest absolute Gasteiger partial charge is 0.303 e. The lowest BCUT2D eigenvalue weighted by molar-refractivity contribution is -0.137. The minimum absolute atomic E-state index is 0.337. The van der Waals surface area contributed by atoms with E-state index in [1.165, 1.54) is 57.8 Å². The molecule has 0 aromatic carbocycles. The number of carboxylic acids is 1. The normalized spacial score (nSPS) is 43.8. The van der Waals surface area contributed by atoms with Crippen molar-refractivity contribution in [1.29, 1.82) is 0 Å². The van der Waals surface area contributed by atoms with Crippen LogP contribution in [0.15, 0.2) is 0 Å². The zero-order valence-corrected chi connectivity index (χ0v) is 21.7. The van der Waals surface area contributed by atoms with Crippen molar-refractivity contribution in [1.82, 2.24) is 5.32 Å². The van der Waals surface area contributed by atoms with Crippen molar-refractivity contribution in [2.45, 2.75) is 111 Å². The molecule has 0 aromatic heterocycles. The van der Waals surface area contributed by atoms with Crippen molar-refractivity contribution in [2.75, 3.05) is 13.1 Å². The van der Waals surface area contributed by atoms with Crippen LogP contribution in [0.25, 0.3) is 0 Å². The molecule has 4 nitrogen and oxygen atoms in total. The maximum Gasteiger partial charge on any atom is 0.303 e. The lowest BCUT2D eigenvalue weighted by atomic mass is 9.44. The van der Waals surface area contributed by atoms with Gasteiger partial charge in [0, 0.05) is 25.6 Å². The van der Waals surface area contributed by atoms with Gasteiger partial charge in [-0.15, -0.1) is 0 Å². The van der Waals surface area contributed by atoms with E-state index in [0.29, 0.717) is 29.2 Å². The summed E-state index contributed by atoms with van der Waals surface area (Å²) in [4.78, 5) is 11.1. The molecule has 4 aliphatic rings. The van der Waals surface area contributed by atoms with Gasteiger partial charge in [-0.3, -0.25) is 4.79 Å². The number of carbonyl (C=O) groups is 1. The summed E-state index contributed by atoms with van der Waals surface area (Å²) in [6.45, 7) is 13.3. The summed E-state index contributed by atoms with van der Waals surface area (Å²) in [6, 6.07) is 0.683. The van der Waals surface area contributed by atoms with Crippen LogP contribution in [0.1, 0.15) is 105 Å². The van der Waals surface area contributed by atoms with Gasteiger partial charge in [0.1, 0.15) is 0 Å². The summed E-state index contributed by atoms with van der Waals surface area (Å²) >= 11 is 0. The van der Waals surface area contributed by atoms with Crippen molar-refractivity contribution < 1.29 is 9.90 Å². The molecule has 32 heavy (non-hydrogen) atoms. The fourth-order valence-electron chi connectivity index (χ4n) is 9.26. The first-order valence-electron chi connectivity index (χ1n) is 13.9. The number of nitrogens with two attached hydrogens (primary N) is 1. The van der Waals surface area contributed by atoms with E-state index in [1.807, 2.05) is 13.8 Å². The van der Waals surface area contributed by atoms with Crippen LogP contribution in [-0.4, -0.2) is 30.2 Å². The van der Waals surface area contributed by atoms with E-state index in [9.17, 15) is 4.79 Å². The first-order chi connectivity index (χ1) is 15.3. The quantitative estimate of drug-likeness (QED) is 0.440. The number of nitrogens with one attached hydrogen (secondary N) is 1. The Balaban J connectivity index is 0.00000141. The first-order valence-corrected chi connectivity index (χ1v) is 13.9. The van der Waals surface area contributed by atoms with Crippen LogP contribution >= 0.6 is 0 Å². The van der Waals surface area contributed by atoms with Crippen LogP contribution in [-0.2, 0) is 4.79 Å². The Morgan fingerprint density at radius 3 is 2.41 bits per heavy atom. The number of hydrogen-bond donors (Lipinski definition) is 3. The molecule has 0 amide bonds. The molecule has 0 bridgehead atoms. The largest absolute Gasteiger partial charge is 0.481 e. The Hall–Kier alpha value is -0.610. The highest BCUT2D eigenvalue weighted by atomic mass is 16.4. The second kappa shape index (κ2) is 10.8. The van der Waals surface area contributed by atoms with Gasteiger partial charge < -0.3 is 16.2 Å². The van der Waals surface area contributed by atoms with Crippen LogP contribution in [0.2, 0.25) is 0 Å². The predicted octanol–water partition coefficient (Wildman–Crippen LogP) is 6.09. The number of carboxylic acid groups (broad SMARTS) is 1. The van der Waals surface area contributed by atoms with Crippen LogP contribution in [0.3, 0.4) is 0 Å². The number of aliphatic carboxylic acids is 1. The molecule has 0 heterocycles. The Kier molecular flexibility index (Phi) is 8.74. The van der Waals surface area contributed by atoms with E-state index in [4.69, 9.17) is 10.8 Å². The van der Waals surface area contributed by atoms with E-state index >= 15 is 0 Å². The van der Waals surface area contributed by atoms with E-state index in [2.05, 4.69) is 26.1 Å². The first kappa shape index (κ1) is 26.0. The molecule has 0 aromatic rings. The average Bonchev–Trinajstić information content (AvgIpc) is 3.14. The fourth-order valence-corrected chi connectivity index (χ4v) is 9.26. The average molecular weight is 449 g/mol. The van der Waals surface area contributed by atoms with Gasteiger partial charge in [-0.05, 0) is 111 Å². The molecule has 4 heteroatoms. The third-order valence-corrected chi connectivity index (χ3v) is 10.8. The molecule has 186 valence electrons. The number of hydrogen-bond acceptors (Lipinski definition) is 3. The zero-order chi connectivity index (χ0) is 23.5. The highest BCUT2D eigenvalue weighted by molar-refractivity contribution is 5.66. The molecule has 7 unspecified atom stereocenters. The van der Waals surface area contributed by atoms with Gasteiger partial charge in [0.05, 0.1) is 0 Å². The van der Waals surface area contributed by atoms with Crippen LogP contribution in [0, 0.1) is 46.3 Å². The van der Waals surface area contributed by atoms with Crippen LogP contribution in [0.4, 0.5) is 0 Å². The second-order valence-corrected chi connectivity index (χ2v) is 12.0. The molecule has 4 rings (SSSR count). The number of rotatable bonds is 7. The molecular formula is C28H52N2O2. The Bertz CT molecular complexity index is 625. The lowest BCUT2D eigenvalue weighted by Gasteiger charge is -2.61. The van der Waals surface area contributed by atoms with E-state index in [1.54, 1.807) is 0 Å². The summed E-state index contributed by atoms with van der Waals surface area (Å²) in [5, 5.41) is 12.9. The molecule has 9 atom stereocenters. The highest BCUT2D eigenvalue weighted by Crippen LogP contribution is 2.68. The van der Waals surface area contributed by atoms with Gasteiger partial charge >= 0.3 is 5.97 Å². The molecule has 0 saturated heterocycles. The maximum absolute atomic E-state index is 11.1. The van der Waals surface area contributed by atoms with Gasteiger partial charge in [0.2, 0.25) is 0 Å². The van der Waals surface area contributed by atoms with Crippen molar-refractivity contribution in [3.63, 3.8) is 0 Å². The summed E-state index contributed by atoms with van der Waals surface area (Å²) in [7, 11) is 0. The standard InChI is InChI=1S/C26H46N2O2.C2H6/c1-17(4-9-24(29)30)21-7-8-22-20-6-5-18-16-19(28-15-14-27)10-12-25(18,2)23(20)11-13-26(21,22)3;1-2/h17-23,28H,4-16,27H2,1-3H3,(H,29,30);1-2H3/t17?,18?,19?,20?,21?,22?,23?,25-,26+;/m0./s1. The zero-order valence-electron chi connectivity index (χ0n) is 21.7. The summed E-state index contributed by atoms with van der Waals surface area (Å²) in [5.41, 5.74) is 6.71. The molecule has 4 N–H and O–H groups in total. The van der Waals surface area contributed by atoms with Crippen molar-refractivity contribution in [3.05, 3.63) is 0 Å². The molecule has 4 saturated carbocycles. The molecule has 0 radical (unpaired) electrons. The molecule has 0 aliphatic heterocycles. The third kappa shape index (κ3) is 4.78. The minimum atomic E-state index is -0.631. The van der Waals surface area contributed by atoms with Gasteiger partial charge in [0.25, 0.3) is 0 Å². The molecule has 0 spiro atoms. The lowest BCUT2D eigenvalue weighted by Crippen LogP contribution is -2.55. The number of fused-ring (bicyclic) bond motifs is 5. The van der Waals surface area contributed by atoms with Gasteiger partial charge in [-0.25, -0.2) is 0 Å². The Morgan fingerprint density at radius 2 is 1.72 bits per heavy atom. The third-order valence-electron chi connectivity index (χ3n) is 10.8. The SMILES string of the molecule is CC.CC(CCC(=O)O)C1CCC2C3CCC4CC(NCCN)CC[C@]4(C)C3CC[C@]12C. The topological polar surface area (TPSA) is 75.3 Å². The minimum Gasteiger partial charge on any atom is -0.481 e. The van der Waals surface area contributed by atoms with Gasteiger partial charge in [-0.2, -0.15) is 0 Å². The van der Waals surface area contributed by atoms with Crippen LogP contribution < -0.4 is 11.1 Å². The maximum atomic E-state index is 11.1. The van der Waals surface area contributed by atoms with Crippen molar-refractivity contribution in [2.24, 2.45) is 52.1 Å². The van der Waals surface area contributed by atoms with E-state index in [-0.39, 0.29) is 0 Å². The molecular weight excluding hydrogens is 396 g/mol. The Labute approximate surface area is 197 Å². The second-order valence-electron chi connectivity index (χ2n) is 12.0. The summed E-state index contributed by atoms with van der Waals surface area (Å²) in [5.74, 6) is 4.23. The molecule has 4 aliphatic carbocycles. The molecule has 4 fully saturated rings. The van der Waals surface area contributed by atoms with Crippen molar-refractivity contribution in [3.8, 4) is 0 Å². The van der Waals surface area contributed by atoms with Crippen LogP contribution in [0.5, 0.6) is 0 Å². The highest BCUT2D eigenvalue weighted by Gasteiger charge is 2.60. The fraction of sp³-hybridized carbons (Fsp3) is 0.964. The summed E-state index contributed by atoms with van der Waals surface area (Å²) in [6.07, 6.45) is 13.6. The van der Waals surface area contributed by atoms with E-state index < -0.39 is 5.97 Å². The van der Waals surface area contributed by atoms with E-state index in [0.717, 1.165) is 49.1 Å².